The molecule has 1 atom stereocenters. The van der Waals surface area contributed by atoms with Crippen molar-refractivity contribution in [3.05, 3.63) is 0 Å². The molecule has 1 fully saturated rings. The fourth-order valence-electron chi connectivity index (χ4n) is 2.07. The number of nitrogens with zero attached hydrogens (tertiary/aromatic N) is 1. The summed E-state index contributed by atoms with van der Waals surface area (Å²) in [6.07, 6.45) is 3.49. The summed E-state index contributed by atoms with van der Waals surface area (Å²) in [5, 5.41) is 9.21. The van der Waals surface area contributed by atoms with Crippen molar-refractivity contribution in [2.75, 3.05) is 26.2 Å². The standard InChI is InChI=1S/C10H22N2O/c1-9(13)8-12-6-3-10(2-5-11)4-7-12/h9-10,13H,2-8,11H2,1H3. The van der Waals surface area contributed by atoms with Crippen molar-refractivity contribution in [3.8, 4) is 0 Å². The zero-order valence-electron chi connectivity index (χ0n) is 8.58. The molecule has 0 spiro atoms. The van der Waals surface area contributed by atoms with Gasteiger partial charge in [0.15, 0.2) is 0 Å². The topological polar surface area (TPSA) is 49.5 Å². The minimum absolute atomic E-state index is 0.189. The van der Waals surface area contributed by atoms with E-state index >= 15 is 0 Å². The number of nitrogens with two attached hydrogens (primary N) is 1. The molecule has 3 N–H and O–H groups in total. The molecule has 1 rings (SSSR count). The van der Waals surface area contributed by atoms with Gasteiger partial charge >= 0.3 is 0 Å². The Morgan fingerprint density at radius 2 is 2.08 bits per heavy atom. The van der Waals surface area contributed by atoms with Gasteiger partial charge in [-0.15, -0.1) is 0 Å². The SMILES string of the molecule is CC(O)CN1CCC(CCN)CC1. The first kappa shape index (κ1) is 11.0. The van der Waals surface area contributed by atoms with E-state index in [1.54, 1.807) is 0 Å². The highest BCUT2D eigenvalue weighted by molar-refractivity contribution is 4.73. The zero-order chi connectivity index (χ0) is 9.68. The summed E-state index contributed by atoms with van der Waals surface area (Å²) in [4.78, 5) is 2.34. The lowest BCUT2D eigenvalue weighted by Crippen LogP contribution is -2.38. The number of rotatable bonds is 4. The van der Waals surface area contributed by atoms with Crippen molar-refractivity contribution in [1.82, 2.24) is 4.90 Å². The molecule has 13 heavy (non-hydrogen) atoms. The molecule has 3 nitrogen and oxygen atoms in total. The smallest absolute Gasteiger partial charge is 0.0639 e. The van der Waals surface area contributed by atoms with Gasteiger partial charge in [-0.05, 0) is 51.7 Å². The molecule has 1 aliphatic rings. The van der Waals surface area contributed by atoms with Crippen LogP contribution in [0.3, 0.4) is 0 Å². The van der Waals surface area contributed by atoms with Crippen LogP contribution in [-0.4, -0.2) is 42.3 Å². The third-order valence-corrected chi connectivity index (χ3v) is 2.80. The summed E-state index contributed by atoms with van der Waals surface area (Å²) in [7, 11) is 0. The number of aliphatic hydroxyl groups excluding tert-OH is 1. The number of aliphatic hydroxyl groups is 1. The van der Waals surface area contributed by atoms with Crippen LogP contribution in [0.4, 0.5) is 0 Å². The van der Waals surface area contributed by atoms with Gasteiger partial charge in [-0.1, -0.05) is 0 Å². The molecule has 0 radical (unpaired) electrons. The Bertz CT molecular complexity index is 131. The Kier molecular flexibility index (Phi) is 4.70. The number of likely N-dealkylation sites (tertiary alicyclic amines) is 1. The van der Waals surface area contributed by atoms with Gasteiger partial charge in [0.25, 0.3) is 0 Å². The van der Waals surface area contributed by atoms with Gasteiger partial charge in [-0.25, -0.2) is 0 Å². The van der Waals surface area contributed by atoms with E-state index in [2.05, 4.69) is 4.90 Å². The Morgan fingerprint density at radius 3 is 2.54 bits per heavy atom. The molecule has 1 aliphatic heterocycles. The monoisotopic (exact) mass is 186 g/mol. The molecule has 1 saturated heterocycles. The van der Waals surface area contributed by atoms with Crippen LogP contribution in [0.2, 0.25) is 0 Å². The minimum Gasteiger partial charge on any atom is -0.392 e. The normalized spacial score (nSPS) is 23.3. The molecule has 1 unspecified atom stereocenters. The summed E-state index contributed by atoms with van der Waals surface area (Å²) in [5.41, 5.74) is 5.52. The molecule has 3 heteroatoms. The summed E-state index contributed by atoms with van der Waals surface area (Å²) < 4.78 is 0. The van der Waals surface area contributed by atoms with E-state index in [1.807, 2.05) is 6.92 Å². The van der Waals surface area contributed by atoms with Crippen LogP contribution in [0.15, 0.2) is 0 Å². The Labute approximate surface area is 80.9 Å². The molecule has 1 heterocycles. The highest BCUT2D eigenvalue weighted by Gasteiger charge is 2.18. The van der Waals surface area contributed by atoms with Gasteiger partial charge in [0, 0.05) is 6.54 Å². The fraction of sp³-hybridized carbons (Fsp3) is 1.00. The summed E-state index contributed by atoms with van der Waals surface area (Å²) in [6, 6.07) is 0. The molecule has 0 aromatic rings. The van der Waals surface area contributed by atoms with Gasteiger partial charge in [0.05, 0.1) is 6.10 Å². The maximum atomic E-state index is 9.21. The van der Waals surface area contributed by atoms with Gasteiger partial charge in [-0.2, -0.15) is 0 Å². The van der Waals surface area contributed by atoms with Gasteiger partial charge in [0.2, 0.25) is 0 Å². The van der Waals surface area contributed by atoms with E-state index in [0.29, 0.717) is 0 Å². The first-order valence-electron chi connectivity index (χ1n) is 5.33. The van der Waals surface area contributed by atoms with Crippen LogP contribution in [0.25, 0.3) is 0 Å². The number of hydrogen-bond acceptors (Lipinski definition) is 3. The van der Waals surface area contributed by atoms with Crippen LogP contribution in [0.1, 0.15) is 26.2 Å². The van der Waals surface area contributed by atoms with Crippen molar-refractivity contribution in [1.29, 1.82) is 0 Å². The molecule has 0 aromatic carbocycles. The van der Waals surface area contributed by atoms with Gasteiger partial charge < -0.3 is 15.7 Å². The molecule has 0 saturated carbocycles. The predicted octanol–water partition coefficient (Wildman–Crippen LogP) is 0.428. The van der Waals surface area contributed by atoms with Crippen LogP contribution in [-0.2, 0) is 0 Å². The second-order valence-electron chi connectivity index (χ2n) is 4.17. The fourth-order valence-corrected chi connectivity index (χ4v) is 2.07. The van der Waals surface area contributed by atoms with Crippen LogP contribution < -0.4 is 5.73 Å². The lowest BCUT2D eigenvalue weighted by Gasteiger charge is -2.32. The molecular weight excluding hydrogens is 164 g/mol. The van der Waals surface area contributed by atoms with E-state index in [9.17, 15) is 5.11 Å². The molecular formula is C10H22N2O. The van der Waals surface area contributed by atoms with Crippen molar-refractivity contribution >= 4 is 0 Å². The highest BCUT2D eigenvalue weighted by atomic mass is 16.3. The maximum Gasteiger partial charge on any atom is 0.0639 e. The van der Waals surface area contributed by atoms with Gasteiger partial charge in [0.1, 0.15) is 0 Å². The lowest BCUT2D eigenvalue weighted by atomic mass is 9.93. The Balaban J connectivity index is 2.15. The van der Waals surface area contributed by atoms with Crippen LogP contribution in [0, 0.1) is 5.92 Å². The highest BCUT2D eigenvalue weighted by Crippen LogP contribution is 2.19. The molecule has 0 bridgehead atoms. The predicted molar refractivity (Wildman–Crippen MR) is 54.5 cm³/mol. The third-order valence-electron chi connectivity index (χ3n) is 2.80. The first-order valence-corrected chi connectivity index (χ1v) is 5.33. The van der Waals surface area contributed by atoms with Gasteiger partial charge in [-0.3, -0.25) is 0 Å². The Morgan fingerprint density at radius 1 is 1.46 bits per heavy atom. The second kappa shape index (κ2) is 5.58. The lowest BCUT2D eigenvalue weighted by molar-refractivity contribution is 0.0990. The third kappa shape index (κ3) is 4.07. The maximum absolute atomic E-state index is 9.21. The molecule has 0 amide bonds. The van der Waals surface area contributed by atoms with E-state index in [-0.39, 0.29) is 6.10 Å². The molecule has 0 aliphatic carbocycles. The van der Waals surface area contributed by atoms with E-state index < -0.39 is 0 Å². The first-order chi connectivity index (χ1) is 6.22. The number of β-amino-alcohol motifs (C(OH)–C–C–N with tert-alkyl or cyclic N) is 1. The average molecular weight is 186 g/mol. The van der Waals surface area contributed by atoms with E-state index in [4.69, 9.17) is 5.73 Å². The van der Waals surface area contributed by atoms with Crippen LogP contribution >= 0.6 is 0 Å². The molecule has 0 aromatic heterocycles. The number of piperidine rings is 1. The van der Waals surface area contributed by atoms with Crippen LogP contribution in [0.5, 0.6) is 0 Å². The van der Waals surface area contributed by atoms with Crippen molar-refractivity contribution < 1.29 is 5.11 Å². The minimum atomic E-state index is -0.189. The summed E-state index contributed by atoms with van der Waals surface area (Å²) >= 11 is 0. The van der Waals surface area contributed by atoms with E-state index in [1.165, 1.54) is 19.3 Å². The average Bonchev–Trinajstić information content (AvgIpc) is 2.08. The van der Waals surface area contributed by atoms with Crippen molar-refractivity contribution in [2.45, 2.75) is 32.3 Å². The zero-order valence-corrected chi connectivity index (χ0v) is 8.58. The number of hydrogen-bond donors (Lipinski definition) is 2. The second-order valence-corrected chi connectivity index (χ2v) is 4.17. The Hall–Kier alpha value is -0.120. The summed E-state index contributed by atoms with van der Waals surface area (Å²) in [5.74, 6) is 0.829. The van der Waals surface area contributed by atoms with Crippen molar-refractivity contribution in [2.24, 2.45) is 11.7 Å². The molecule has 78 valence electrons. The van der Waals surface area contributed by atoms with E-state index in [0.717, 1.165) is 32.1 Å². The summed E-state index contributed by atoms with van der Waals surface area (Å²) in [6.45, 7) is 5.77. The van der Waals surface area contributed by atoms with Crippen molar-refractivity contribution in [3.63, 3.8) is 0 Å². The quantitative estimate of drug-likeness (QED) is 0.669. The largest absolute Gasteiger partial charge is 0.392 e.